The summed E-state index contributed by atoms with van der Waals surface area (Å²) in [6, 6.07) is 7.41. The Bertz CT molecular complexity index is 541. The summed E-state index contributed by atoms with van der Waals surface area (Å²) in [7, 11) is 1.78. The maximum Gasteiger partial charge on any atom is 0.240 e. The average Bonchev–Trinajstić information content (AvgIpc) is 3.25. The van der Waals surface area contributed by atoms with Crippen LogP contribution >= 0.6 is 15.9 Å². The van der Waals surface area contributed by atoms with Crippen molar-refractivity contribution < 1.29 is 9.59 Å². The van der Waals surface area contributed by atoms with Crippen molar-refractivity contribution in [3.05, 3.63) is 28.7 Å². The average molecular weight is 353 g/mol. The fourth-order valence-corrected chi connectivity index (χ4v) is 2.74. The van der Waals surface area contributed by atoms with Crippen molar-refractivity contribution in [3.63, 3.8) is 0 Å². The van der Waals surface area contributed by atoms with Gasteiger partial charge in [0.05, 0.1) is 0 Å². The third-order valence-corrected chi connectivity index (χ3v) is 4.36. The molecular formula is C16H21BrN2O2. The summed E-state index contributed by atoms with van der Waals surface area (Å²) < 4.78 is 0.900. The van der Waals surface area contributed by atoms with Crippen molar-refractivity contribution in [3.8, 4) is 0 Å². The third-order valence-electron chi connectivity index (χ3n) is 3.87. The molecule has 0 spiro atoms. The summed E-state index contributed by atoms with van der Waals surface area (Å²) in [5.41, 5.74) is -0.130. The van der Waals surface area contributed by atoms with Gasteiger partial charge in [-0.15, -0.1) is 0 Å². The number of carbonyl (C=O) groups is 2. The van der Waals surface area contributed by atoms with Gasteiger partial charge in [-0.05, 0) is 37.5 Å². The second-order valence-corrected chi connectivity index (χ2v) is 6.54. The van der Waals surface area contributed by atoms with Gasteiger partial charge < -0.3 is 10.2 Å². The van der Waals surface area contributed by atoms with Crippen LogP contribution in [0.5, 0.6) is 0 Å². The fraction of sp³-hybridized carbons (Fsp3) is 0.500. The molecule has 21 heavy (non-hydrogen) atoms. The van der Waals surface area contributed by atoms with Crippen LogP contribution in [0.15, 0.2) is 28.7 Å². The topological polar surface area (TPSA) is 49.4 Å². The summed E-state index contributed by atoms with van der Waals surface area (Å²) in [5, 5.41) is 2.86. The Morgan fingerprint density at radius 1 is 1.38 bits per heavy atom. The highest BCUT2D eigenvalue weighted by Crippen LogP contribution is 2.48. The molecule has 1 aromatic rings. The molecule has 5 heteroatoms. The Labute approximate surface area is 134 Å². The molecule has 2 rings (SSSR count). The first kappa shape index (κ1) is 16.0. The highest BCUT2D eigenvalue weighted by molar-refractivity contribution is 9.10. The number of carbonyl (C=O) groups excluding carboxylic acids is 2. The molecule has 0 saturated heterocycles. The number of hydrogen-bond donors (Lipinski definition) is 1. The summed E-state index contributed by atoms with van der Waals surface area (Å²) >= 11 is 3.37. The standard InChI is InChI=1S/C16H21BrN2O2/c1-3-4-10-19(2)15(21)16(8-9-16)14(20)18-13-7-5-6-12(17)11-13/h5-7,11H,3-4,8-10H2,1-2H3,(H,18,20). The first-order chi connectivity index (χ1) is 9.99. The van der Waals surface area contributed by atoms with Gasteiger partial charge in [0.2, 0.25) is 11.8 Å². The van der Waals surface area contributed by atoms with Gasteiger partial charge in [0, 0.05) is 23.8 Å². The zero-order valence-electron chi connectivity index (χ0n) is 12.5. The number of hydrogen-bond acceptors (Lipinski definition) is 2. The van der Waals surface area contributed by atoms with E-state index in [0.717, 1.165) is 17.3 Å². The van der Waals surface area contributed by atoms with Gasteiger partial charge in [-0.25, -0.2) is 0 Å². The maximum absolute atomic E-state index is 12.5. The van der Waals surface area contributed by atoms with Crippen molar-refractivity contribution in [2.24, 2.45) is 5.41 Å². The zero-order chi connectivity index (χ0) is 15.5. The van der Waals surface area contributed by atoms with E-state index in [4.69, 9.17) is 0 Å². The second kappa shape index (κ2) is 6.60. The maximum atomic E-state index is 12.5. The Morgan fingerprint density at radius 3 is 2.67 bits per heavy atom. The van der Waals surface area contributed by atoms with E-state index >= 15 is 0 Å². The van der Waals surface area contributed by atoms with Gasteiger partial charge in [-0.2, -0.15) is 0 Å². The summed E-state index contributed by atoms with van der Waals surface area (Å²) in [4.78, 5) is 26.6. The van der Waals surface area contributed by atoms with Crippen LogP contribution < -0.4 is 5.32 Å². The fourth-order valence-electron chi connectivity index (χ4n) is 2.34. The van der Waals surface area contributed by atoms with E-state index in [9.17, 15) is 9.59 Å². The second-order valence-electron chi connectivity index (χ2n) is 5.63. The molecule has 1 fully saturated rings. The monoisotopic (exact) mass is 352 g/mol. The minimum atomic E-state index is -0.842. The van der Waals surface area contributed by atoms with E-state index in [1.54, 1.807) is 11.9 Å². The van der Waals surface area contributed by atoms with Crippen LogP contribution in [0.2, 0.25) is 0 Å². The highest BCUT2D eigenvalue weighted by Gasteiger charge is 2.57. The molecule has 1 saturated carbocycles. The number of amides is 2. The van der Waals surface area contributed by atoms with E-state index in [1.165, 1.54) is 0 Å². The molecule has 114 valence electrons. The van der Waals surface area contributed by atoms with E-state index in [-0.39, 0.29) is 11.8 Å². The Kier molecular flexibility index (Phi) is 5.04. The molecule has 0 unspecified atom stereocenters. The van der Waals surface area contributed by atoms with Crippen molar-refractivity contribution in [1.82, 2.24) is 4.90 Å². The quantitative estimate of drug-likeness (QED) is 0.797. The summed E-state index contributed by atoms with van der Waals surface area (Å²) in [5.74, 6) is -0.239. The smallest absolute Gasteiger partial charge is 0.240 e. The van der Waals surface area contributed by atoms with Gasteiger partial charge in [0.1, 0.15) is 5.41 Å². The number of rotatable bonds is 6. The minimum absolute atomic E-state index is 0.0524. The minimum Gasteiger partial charge on any atom is -0.345 e. The number of unbranched alkanes of at least 4 members (excludes halogenated alkanes) is 1. The van der Waals surface area contributed by atoms with Crippen LogP contribution in [-0.2, 0) is 9.59 Å². The molecule has 0 aliphatic heterocycles. The Balaban J connectivity index is 2.02. The van der Waals surface area contributed by atoms with Crippen LogP contribution in [0.3, 0.4) is 0 Å². The summed E-state index contributed by atoms with van der Waals surface area (Å²) in [6.45, 7) is 2.80. The lowest BCUT2D eigenvalue weighted by Gasteiger charge is -2.23. The van der Waals surface area contributed by atoms with Gasteiger partial charge >= 0.3 is 0 Å². The first-order valence-corrected chi connectivity index (χ1v) is 8.11. The van der Waals surface area contributed by atoms with Crippen molar-refractivity contribution in [2.45, 2.75) is 32.6 Å². The molecule has 1 aliphatic carbocycles. The SMILES string of the molecule is CCCCN(C)C(=O)C1(C(=O)Nc2cccc(Br)c2)CC1. The highest BCUT2D eigenvalue weighted by atomic mass is 79.9. The predicted molar refractivity (Wildman–Crippen MR) is 87.0 cm³/mol. The van der Waals surface area contributed by atoms with Crippen LogP contribution in [0.1, 0.15) is 32.6 Å². The lowest BCUT2D eigenvalue weighted by Crippen LogP contribution is -2.41. The Morgan fingerprint density at radius 2 is 2.10 bits per heavy atom. The van der Waals surface area contributed by atoms with Crippen LogP contribution in [0.4, 0.5) is 5.69 Å². The van der Waals surface area contributed by atoms with Crippen LogP contribution in [0, 0.1) is 5.41 Å². The normalized spacial score (nSPS) is 15.4. The molecule has 0 radical (unpaired) electrons. The van der Waals surface area contributed by atoms with Crippen LogP contribution in [0.25, 0.3) is 0 Å². The van der Waals surface area contributed by atoms with Gasteiger partial charge in [0.25, 0.3) is 0 Å². The number of halogens is 1. The number of anilines is 1. The van der Waals surface area contributed by atoms with Crippen LogP contribution in [-0.4, -0.2) is 30.3 Å². The Hall–Kier alpha value is -1.36. The zero-order valence-corrected chi connectivity index (χ0v) is 14.1. The molecule has 2 amide bonds. The molecule has 1 aromatic carbocycles. The molecular weight excluding hydrogens is 332 g/mol. The lowest BCUT2D eigenvalue weighted by atomic mass is 10.0. The third kappa shape index (κ3) is 3.64. The van der Waals surface area contributed by atoms with Crippen molar-refractivity contribution in [1.29, 1.82) is 0 Å². The van der Waals surface area contributed by atoms with E-state index in [2.05, 4.69) is 28.2 Å². The van der Waals surface area contributed by atoms with Gasteiger partial charge in [-0.1, -0.05) is 35.3 Å². The van der Waals surface area contributed by atoms with E-state index < -0.39 is 5.41 Å². The molecule has 0 atom stereocenters. The predicted octanol–water partition coefficient (Wildman–Crippen LogP) is 3.43. The summed E-state index contributed by atoms with van der Waals surface area (Å²) in [6.07, 6.45) is 3.28. The van der Waals surface area contributed by atoms with E-state index in [1.807, 2.05) is 24.3 Å². The largest absolute Gasteiger partial charge is 0.345 e. The first-order valence-electron chi connectivity index (χ1n) is 7.32. The molecule has 0 aromatic heterocycles. The molecule has 0 bridgehead atoms. The van der Waals surface area contributed by atoms with Gasteiger partial charge in [-0.3, -0.25) is 9.59 Å². The van der Waals surface area contributed by atoms with E-state index in [0.29, 0.717) is 25.1 Å². The van der Waals surface area contributed by atoms with Gasteiger partial charge in [0.15, 0.2) is 0 Å². The molecule has 1 aliphatic rings. The number of nitrogens with zero attached hydrogens (tertiary/aromatic N) is 1. The van der Waals surface area contributed by atoms with Crippen molar-refractivity contribution in [2.75, 3.05) is 18.9 Å². The molecule has 1 N–H and O–H groups in total. The molecule has 0 heterocycles. The lowest BCUT2D eigenvalue weighted by molar-refractivity contribution is -0.141. The van der Waals surface area contributed by atoms with Crippen molar-refractivity contribution >= 4 is 33.4 Å². The number of nitrogens with one attached hydrogen (secondary N) is 1. The number of benzene rings is 1. The molecule has 4 nitrogen and oxygen atoms in total.